The molecule has 4 saturated carbocycles. The first kappa shape index (κ1) is 38.0. The highest BCUT2D eigenvalue weighted by atomic mass is 28.4. The number of carbonyl (C=O) groups excluding carboxylic acids is 1. The van der Waals surface area contributed by atoms with E-state index in [-0.39, 0.29) is 32.4 Å². The number of fused-ring (bicyclic) bond motifs is 5. The molecule has 262 valence electrons. The maximum absolute atomic E-state index is 14.8. The Morgan fingerprint density at radius 2 is 1.38 bits per heavy atom. The molecule has 0 aromatic heterocycles. The third-order valence-electron chi connectivity index (χ3n) is 15.7. The molecule has 0 saturated heterocycles. The summed E-state index contributed by atoms with van der Waals surface area (Å²) in [5.74, 6) is 1.95. The number of hydrogen-bond acceptors (Lipinski definition) is 4. The van der Waals surface area contributed by atoms with Crippen LogP contribution in [0.4, 0.5) is 0 Å². The van der Waals surface area contributed by atoms with Gasteiger partial charge in [-0.05, 0) is 123 Å². The minimum absolute atomic E-state index is 0.0512. The lowest BCUT2D eigenvalue weighted by molar-refractivity contribution is -0.202. The van der Waals surface area contributed by atoms with E-state index in [9.17, 15) is 4.79 Å². The van der Waals surface area contributed by atoms with E-state index < -0.39 is 25.0 Å². The smallest absolute Gasteiger partial charge is 0.192 e. The van der Waals surface area contributed by atoms with Crippen molar-refractivity contribution in [3.05, 3.63) is 0 Å². The summed E-state index contributed by atoms with van der Waals surface area (Å²) in [5.41, 5.74) is -0.309. The molecule has 0 spiro atoms. The molecule has 0 radical (unpaired) electrons. The molecular weight excluding hydrogens is 605 g/mol. The molecule has 4 aliphatic carbocycles. The normalized spacial score (nSPS) is 38.1. The van der Waals surface area contributed by atoms with Crippen molar-refractivity contribution in [1.82, 2.24) is 0 Å². The molecule has 4 fully saturated rings. The van der Waals surface area contributed by atoms with Gasteiger partial charge < -0.3 is 13.3 Å². The number of hydrogen-bond donors (Lipinski definition) is 0. The first-order valence-electron chi connectivity index (χ1n) is 19.0. The standard InChI is InChI=1S/C38H74O4Si3/c1-16-45(17-2,18-3)42-38-24-21-29(27-40-43(12,13)34(4,5)6)37(38,11)26-32(39)33-31(38)20-19-28-25-30(22-23-36(28,33)10)41-44(14,15)35(7,8)9/h28-31,33H,16-27H2,1-15H3/t28-,29-,30+,31+,33?,36+,37-,38+/m1/s1. The molecular formula is C38H74O4Si3. The zero-order chi connectivity index (χ0) is 34.1. The van der Waals surface area contributed by atoms with E-state index in [1.807, 2.05) is 0 Å². The van der Waals surface area contributed by atoms with Gasteiger partial charge in [-0.15, -0.1) is 0 Å². The van der Waals surface area contributed by atoms with E-state index in [1.165, 1.54) is 24.6 Å². The molecule has 4 nitrogen and oxygen atoms in total. The van der Waals surface area contributed by atoms with Gasteiger partial charge in [0.1, 0.15) is 5.78 Å². The van der Waals surface area contributed by atoms with Crippen molar-refractivity contribution in [2.45, 2.75) is 194 Å². The monoisotopic (exact) mass is 678 g/mol. The van der Waals surface area contributed by atoms with Crippen LogP contribution in [0.1, 0.15) is 128 Å². The Labute approximate surface area is 282 Å². The highest BCUT2D eigenvalue weighted by Crippen LogP contribution is 2.70. The quantitative estimate of drug-likeness (QED) is 0.216. The average Bonchev–Trinajstić information content (AvgIpc) is 3.20. The molecule has 0 aromatic rings. The summed E-state index contributed by atoms with van der Waals surface area (Å²) < 4.78 is 22.0. The Kier molecular flexibility index (Phi) is 10.6. The van der Waals surface area contributed by atoms with E-state index in [0.717, 1.165) is 45.1 Å². The second-order valence-electron chi connectivity index (χ2n) is 19.7. The van der Waals surface area contributed by atoms with Crippen LogP contribution in [0.15, 0.2) is 0 Å². The van der Waals surface area contributed by atoms with E-state index in [0.29, 0.717) is 36.1 Å². The molecule has 0 aliphatic heterocycles. The Bertz CT molecular complexity index is 1060. The van der Waals surface area contributed by atoms with Crippen molar-refractivity contribution >= 4 is 30.7 Å². The van der Waals surface area contributed by atoms with Crippen LogP contribution in [0.3, 0.4) is 0 Å². The molecule has 7 heteroatoms. The van der Waals surface area contributed by atoms with E-state index in [4.69, 9.17) is 13.3 Å². The van der Waals surface area contributed by atoms with Gasteiger partial charge in [-0.2, -0.15) is 0 Å². The number of ketones is 1. The molecule has 0 N–H and O–H groups in total. The first-order valence-corrected chi connectivity index (χ1v) is 27.4. The minimum atomic E-state index is -1.95. The predicted molar refractivity (Wildman–Crippen MR) is 198 cm³/mol. The van der Waals surface area contributed by atoms with E-state index in [1.54, 1.807) is 0 Å². The van der Waals surface area contributed by atoms with E-state index in [2.05, 4.69) is 102 Å². The fourth-order valence-corrected chi connectivity index (χ4v) is 15.8. The summed E-state index contributed by atoms with van der Waals surface area (Å²) in [6.45, 7) is 36.6. The summed E-state index contributed by atoms with van der Waals surface area (Å²) >= 11 is 0. The van der Waals surface area contributed by atoms with Crippen LogP contribution < -0.4 is 0 Å². The Hall–Kier alpha value is 0.201. The fourth-order valence-electron chi connectivity index (χ4n) is 10.1. The van der Waals surface area contributed by atoms with Gasteiger partial charge >= 0.3 is 0 Å². The maximum atomic E-state index is 14.8. The Morgan fingerprint density at radius 1 is 0.800 bits per heavy atom. The molecule has 4 aliphatic rings. The summed E-state index contributed by atoms with van der Waals surface area (Å²) in [6, 6.07) is 3.50. The summed E-state index contributed by atoms with van der Waals surface area (Å²) in [4.78, 5) is 14.8. The highest BCUT2D eigenvalue weighted by molar-refractivity contribution is 6.74. The molecule has 8 atom stereocenters. The minimum Gasteiger partial charge on any atom is -0.417 e. The molecule has 0 heterocycles. The third-order valence-corrected chi connectivity index (χ3v) is 29.4. The van der Waals surface area contributed by atoms with Crippen molar-refractivity contribution in [2.75, 3.05) is 6.61 Å². The van der Waals surface area contributed by atoms with Crippen LogP contribution in [0.2, 0.25) is 54.4 Å². The van der Waals surface area contributed by atoms with Crippen LogP contribution in [-0.4, -0.2) is 49.0 Å². The van der Waals surface area contributed by atoms with Crippen LogP contribution >= 0.6 is 0 Å². The number of Topliss-reactive ketones (excluding diaryl/α,β-unsaturated/α-hetero) is 1. The topological polar surface area (TPSA) is 44.8 Å². The second kappa shape index (κ2) is 12.5. The van der Waals surface area contributed by atoms with Gasteiger partial charge in [-0.25, -0.2) is 0 Å². The van der Waals surface area contributed by atoms with Crippen molar-refractivity contribution in [1.29, 1.82) is 0 Å². The second-order valence-corrected chi connectivity index (χ2v) is 34.0. The molecule has 0 bridgehead atoms. The van der Waals surface area contributed by atoms with Crippen molar-refractivity contribution in [2.24, 2.45) is 34.5 Å². The van der Waals surface area contributed by atoms with Crippen molar-refractivity contribution < 1.29 is 18.1 Å². The predicted octanol–water partition coefficient (Wildman–Crippen LogP) is 11.4. The van der Waals surface area contributed by atoms with Crippen LogP contribution in [0.25, 0.3) is 0 Å². The highest BCUT2D eigenvalue weighted by Gasteiger charge is 2.72. The van der Waals surface area contributed by atoms with Gasteiger partial charge in [0.15, 0.2) is 25.0 Å². The van der Waals surface area contributed by atoms with Gasteiger partial charge in [0.25, 0.3) is 0 Å². The van der Waals surface area contributed by atoms with Crippen LogP contribution in [0, 0.1) is 34.5 Å². The molecule has 45 heavy (non-hydrogen) atoms. The van der Waals surface area contributed by atoms with Crippen molar-refractivity contribution in [3.8, 4) is 0 Å². The Morgan fingerprint density at radius 3 is 1.91 bits per heavy atom. The fraction of sp³-hybridized carbons (Fsp3) is 0.974. The van der Waals surface area contributed by atoms with Crippen LogP contribution in [-0.2, 0) is 18.1 Å². The maximum Gasteiger partial charge on any atom is 0.192 e. The summed E-state index contributed by atoms with van der Waals surface area (Å²) in [7, 11) is -5.68. The van der Waals surface area contributed by atoms with Gasteiger partial charge in [0, 0.05) is 30.5 Å². The zero-order valence-corrected chi connectivity index (χ0v) is 35.5. The SMILES string of the molecule is CC[Si](CC)(CC)O[C@]12CC[C@H](CO[Si](C)(C)C(C)(C)C)[C@@]1(C)CC(=O)C1[C@@H]2CC[C@@H]2C[C@@H](O[Si](C)(C)C(C)(C)C)CC[C@]12C. The lowest BCUT2D eigenvalue weighted by Gasteiger charge is -2.65. The van der Waals surface area contributed by atoms with Crippen LogP contribution in [0.5, 0.6) is 0 Å². The zero-order valence-electron chi connectivity index (χ0n) is 32.5. The lowest BCUT2D eigenvalue weighted by atomic mass is 9.43. The van der Waals surface area contributed by atoms with Gasteiger partial charge in [-0.3, -0.25) is 4.79 Å². The molecule has 1 unspecified atom stereocenters. The number of carbonyl (C=O) groups is 1. The van der Waals surface area contributed by atoms with Crippen molar-refractivity contribution in [3.63, 3.8) is 0 Å². The molecule has 4 rings (SSSR count). The summed E-state index contributed by atoms with van der Waals surface area (Å²) in [6.07, 6.45) is 8.96. The molecule has 0 amide bonds. The molecule has 0 aromatic carbocycles. The number of rotatable bonds is 10. The third kappa shape index (κ3) is 6.37. The largest absolute Gasteiger partial charge is 0.417 e. The van der Waals surface area contributed by atoms with E-state index >= 15 is 0 Å². The van der Waals surface area contributed by atoms with Gasteiger partial charge in [0.2, 0.25) is 0 Å². The average molecular weight is 679 g/mol. The van der Waals surface area contributed by atoms with Gasteiger partial charge in [-0.1, -0.05) is 76.2 Å². The van der Waals surface area contributed by atoms with Gasteiger partial charge in [0.05, 0.1) is 5.60 Å². The Balaban J connectivity index is 1.69. The first-order chi connectivity index (χ1) is 20.5. The lowest BCUT2D eigenvalue weighted by Crippen LogP contribution is -2.68. The summed E-state index contributed by atoms with van der Waals surface area (Å²) in [5, 5.41) is 0.406.